The second-order valence-electron chi connectivity index (χ2n) is 5.02. The second-order valence-corrected chi connectivity index (χ2v) is 7.17. The van der Waals surface area contributed by atoms with Crippen LogP contribution in [0.1, 0.15) is 44.2 Å². The van der Waals surface area contributed by atoms with E-state index in [0.717, 1.165) is 17.5 Å². The van der Waals surface area contributed by atoms with E-state index in [2.05, 4.69) is 30.1 Å². The molecule has 1 fully saturated rings. The summed E-state index contributed by atoms with van der Waals surface area (Å²) in [5, 5.41) is 5.67. The molecule has 1 nitrogen and oxygen atoms in total. The van der Waals surface area contributed by atoms with Crippen molar-refractivity contribution in [1.29, 1.82) is 0 Å². The molecule has 1 atom stereocenters. The van der Waals surface area contributed by atoms with Crippen LogP contribution in [0.25, 0.3) is 0 Å². The maximum atomic E-state index is 6.12. The molecule has 1 aromatic carbocycles. The molecule has 0 heterocycles. The Hall–Kier alpha value is 0.110. The highest BCUT2D eigenvalue weighted by Gasteiger charge is 2.18. The summed E-state index contributed by atoms with van der Waals surface area (Å²) in [5.41, 5.74) is 1.24. The molecule has 0 amide bonds. The van der Waals surface area contributed by atoms with Crippen LogP contribution in [0, 0.1) is 0 Å². The molecule has 1 aliphatic rings. The maximum absolute atomic E-state index is 6.12. The molecule has 1 unspecified atom stereocenters. The smallest absolute Gasteiger partial charge is 0.0595 e. The Labute approximate surface area is 130 Å². The third-order valence-electron chi connectivity index (χ3n) is 3.60. The minimum atomic E-state index is 0.366. The van der Waals surface area contributed by atoms with E-state index in [0.29, 0.717) is 16.1 Å². The summed E-state index contributed by atoms with van der Waals surface area (Å²) in [6.07, 6.45) is 5.56. The standard InChI is InChI=1S/C15H21Cl2NS/c1-2-18-15(10-19-12-5-3-4-6-12)11-7-8-13(16)14(17)9-11/h7-9,12,15,18H,2-6,10H2,1H3. The summed E-state index contributed by atoms with van der Waals surface area (Å²) >= 11 is 14.2. The van der Waals surface area contributed by atoms with Gasteiger partial charge >= 0.3 is 0 Å². The lowest BCUT2D eigenvalue weighted by molar-refractivity contribution is 0.605. The van der Waals surface area contributed by atoms with E-state index in [1.54, 1.807) is 0 Å². The number of hydrogen-bond donors (Lipinski definition) is 1. The molecule has 106 valence electrons. The highest BCUT2D eigenvalue weighted by atomic mass is 35.5. The number of halogens is 2. The molecule has 0 bridgehead atoms. The Bertz CT molecular complexity index is 405. The minimum absolute atomic E-state index is 0.366. The minimum Gasteiger partial charge on any atom is -0.310 e. The lowest BCUT2D eigenvalue weighted by Crippen LogP contribution is -2.23. The predicted octanol–water partition coefficient (Wildman–Crippen LogP) is 5.32. The first-order valence-corrected chi connectivity index (χ1v) is 8.81. The average molecular weight is 318 g/mol. The molecule has 1 saturated carbocycles. The van der Waals surface area contributed by atoms with Crippen LogP contribution in [-0.2, 0) is 0 Å². The van der Waals surface area contributed by atoms with Crippen molar-refractivity contribution in [3.8, 4) is 0 Å². The maximum Gasteiger partial charge on any atom is 0.0595 e. The molecule has 1 N–H and O–H groups in total. The van der Waals surface area contributed by atoms with E-state index in [1.807, 2.05) is 12.1 Å². The summed E-state index contributed by atoms with van der Waals surface area (Å²) in [4.78, 5) is 0. The van der Waals surface area contributed by atoms with E-state index in [9.17, 15) is 0 Å². The van der Waals surface area contributed by atoms with Gasteiger partial charge in [-0.2, -0.15) is 11.8 Å². The van der Waals surface area contributed by atoms with Gasteiger partial charge in [0.25, 0.3) is 0 Å². The lowest BCUT2D eigenvalue weighted by atomic mass is 10.1. The second kappa shape index (κ2) is 7.78. The largest absolute Gasteiger partial charge is 0.310 e. The quantitative estimate of drug-likeness (QED) is 0.762. The number of hydrogen-bond acceptors (Lipinski definition) is 2. The molecule has 0 radical (unpaired) electrons. The number of benzene rings is 1. The van der Waals surface area contributed by atoms with Crippen LogP contribution in [0.2, 0.25) is 10.0 Å². The van der Waals surface area contributed by atoms with Crippen molar-refractivity contribution < 1.29 is 0 Å². The highest BCUT2D eigenvalue weighted by Crippen LogP contribution is 2.33. The molecule has 19 heavy (non-hydrogen) atoms. The first kappa shape index (κ1) is 15.5. The van der Waals surface area contributed by atoms with Crippen LogP contribution in [-0.4, -0.2) is 17.5 Å². The van der Waals surface area contributed by atoms with Gasteiger partial charge in [0.15, 0.2) is 0 Å². The monoisotopic (exact) mass is 317 g/mol. The normalized spacial score (nSPS) is 17.8. The third kappa shape index (κ3) is 4.56. The average Bonchev–Trinajstić information content (AvgIpc) is 2.91. The van der Waals surface area contributed by atoms with Gasteiger partial charge in [0, 0.05) is 17.0 Å². The zero-order chi connectivity index (χ0) is 13.7. The third-order valence-corrected chi connectivity index (χ3v) is 5.80. The Kier molecular flexibility index (Phi) is 6.34. The van der Waals surface area contributed by atoms with Gasteiger partial charge in [-0.15, -0.1) is 0 Å². The molecule has 0 aliphatic heterocycles. The Morgan fingerprint density at radius 2 is 2.00 bits per heavy atom. The lowest BCUT2D eigenvalue weighted by Gasteiger charge is -2.20. The Morgan fingerprint density at radius 1 is 1.26 bits per heavy atom. The molecule has 1 aliphatic carbocycles. The zero-order valence-corrected chi connectivity index (χ0v) is 13.6. The first-order valence-electron chi connectivity index (χ1n) is 7.00. The van der Waals surface area contributed by atoms with Crippen molar-refractivity contribution in [2.45, 2.75) is 43.9 Å². The van der Waals surface area contributed by atoms with Gasteiger partial charge < -0.3 is 5.32 Å². The van der Waals surface area contributed by atoms with E-state index < -0.39 is 0 Å². The molecule has 2 rings (SSSR count). The van der Waals surface area contributed by atoms with Crippen LogP contribution in [0.15, 0.2) is 18.2 Å². The predicted molar refractivity (Wildman–Crippen MR) is 87.6 cm³/mol. The summed E-state index contributed by atoms with van der Waals surface area (Å²) in [7, 11) is 0. The van der Waals surface area contributed by atoms with Crippen molar-refractivity contribution in [3.63, 3.8) is 0 Å². The summed E-state index contributed by atoms with van der Waals surface area (Å²) < 4.78 is 0. The zero-order valence-electron chi connectivity index (χ0n) is 11.3. The van der Waals surface area contributed by atoms with Crippen molar-refractivity contribution in [1.82, 2.24) is 5.32 Å². The summed E-state index contributed by atoms with van der Waals surface area (Å²) in [5.74, 6) is 1.11. The van der Waals surface area contributed by atoms with Crippen molar-refractivity contribution in [2.75, 3.05) is 12.3 Å². The first-order chi connectivity index (χ1) is 9.20. The topological polar surface area (TPSA) is 12.0 Å². The van der Waals surface area contributed by atoms with Crippen LogP contribution in [0.4, 0.5) is 0 Å². The molecule has 4 heteroatoms. The molecule has 0 saturated heterocycles. The van der Waals surface area contributed by atoms with Gasteiger partial charge in [-0.05, 0) is 37.1 Å². The molecular weight excluding hydrogens is 297 g/mol. The van der Waals surface area contributed by atoms with Crippen LogP contribution in [0.3, 0.4) is 0 Å². The Morgan fingerprint density at radius 3 is 2.63 bits per heavy atom. The molecule has 1 aromatic rings. The fourth-order valence-electron chi connectivity index (χ4n) is 2.54. The van der Waals surface area contributed by atoms with Gasteiger partial charge in [0.05, 0.1) is 10.0 Å². The molecular formula is C15H21Cl2NS. The van der Waals surface area contributed by atoms with E-state index in [4.69, 9.17) is 23.2 Å². The van der Waals surface area contributed by atoms with Crippen LogP contribution >= 0.6 is 35.0 Å². The molecule has 0 spiro atoms. The van der Waals surface area contributed by atoms with Crippen molar-refractivity contribution in [2.24, 2.45) is 0 Å². The fourth-order valence-corrected chi connectivity index (χ4v) is 4.28. The van der Waals surface area contributed by atoms with Gasteiger partial charge in [-0.3, -0.25) is 0 Å². The van der Waals surface area contributed by atoms with Gasteiger partial charge in [-0.1, -0.05) is 49.0 Å². The van der Waals surface area contributed by atoms with Crippen molar-refractivity contribution in [3.05, 3.63) is 33.8 Å². The fraction of sp³-hybridized carbons (Fsp3) is 0.600. The van der Waals surface area contributed by atoms with E-state index >= 15 is 0 Å². The summed E-state index contributed by atoms with van der Waals surface area (Å²) in [6, 6.07) is 6.33. The van der Waals surface area contributed by atoms with Gasteiger partial charge in [0.1, 0.15) is 0 Å². The van der Waals surface area contributed by atoms with Crippen LogP contribution in [0.5, 0.6) is 0 Å². The van der Waals surface area contributed by atoms with E-state index in [-0.39, 0.29) is 0 Å². The van der Waals surface area contributed by atoms with Crippen LogP contribution < -0.4 is 5.32 Å². The number of thioether (sulfide) groups is 1. The van der Waals surface area contributed by atoms with Crippen molar-refractivity contribution >= 4 is 35.0 Å². The number of rotatable bonds is 6. The van der Waals surface area contributed by atoms with E-state index in [1.165, 1.54) is 31.2 Å². The Balaban J connectivity index is 1.99. The SMILES string of the molecule is CCNC(CSC1CCCC1)c1ccc(Cl)c(Cl)c1. The van der Waals surface area contributed by atoms with Gasteiger partial charge in [0.2, 0.25) is 0 Å². The summed E-state index contributed by atoms with van der Waals surface area (Å²) in [6.45, 7) is 3.11. The molecule has 0 aromatic heterocycles. The highest BCUT2D eigenvalue weighted by molar-refractivity contribution is 7.99. The number of nitrogens with one attached hydrogen (secondary N) is 1. The van der Waals surface area contributed by atoms with Gasteiger partial charge in [-0.25, -0.2) is 0 Å².